The van der Waals surface area contributed by atoms with Gasteiger partial charge in [0.25, 0.3) is 0 Å². The molecule has 0 aromatic heterocycles. The lowest BCUT2D eigenvalue weighted by Crippen LogP contribution is -2.09. The van der Waals surface area contributed by atoms with Crippen molar-refractivity contribution in [3.8, 4) is 0 Å². The van der Waals surface area contributed by atoms with Crippen molar-refractivity contribution < 1.29 is 14.3 Å². The molecular weight excluding hydrogens is 216 g/mol. The van der Waals surface area contributed by atoms with Crippen LogP contribution in [-0.2, 0) is 15.9 Å². The van der Waals surface area contributed by atoms with Gasteiger partial charge in [0.15, 0.2) is 0 Å². The van der Waals surface area contributed by atoms with Gasteiger partial charge < -0.3 is 9.47 Å². The Morgan fingerprint density at radius 2 is 1.76 bits per heavy atom. The molecule has 1 aromatic carbocycles. The van der Waals surface area contributed by atoms with Crippen LogP contribution in [0.25, 0.3) is 0 Å². The van der Waals surface area contributed by atoms with Crippen LogP contribution < -0.4 is 0 Å². The number of unbranched alkanes of at least 4 members (excludes halogenated alkanes) is 1. The van der Waals surface area contributed by atoms with Crippen molar-refractivity contribution in [1.82, 2.24) is 0 Å². The molecule has 1 aromatic rings. The summed E-state index contributed by atoms with van der Waals surface area (Å²) in [4.78, 5) is 11.0. The molecule has 0 saturated carbocycles. The summed E-state index contributed by atoms with van der Waals surface area (Å²) >= 11 is 0. The molecule has 0 atom stereocenters. The Labute approximate surface area is 103 Å². The average Bonchev–Trinajstić information content (AvgIpc) is 2.37. The number of hydrogen-bond acceptors (Lipinski definition) is 3. The minimum absolute atomic E-state index is 0.433. The average molecular weight is 236 g/mol. The van der Waals surface area contributed by atoms with E-state index in [1.54, 1.807) is 0 Å². The van der Waals surface area contributed by atoms with E-state index >= 15 is 0 Å². The third-order valence-electron chi connectivity index (χ3n) is 2.35. The molecule has 0 unspecified atom stereocenters. The van der Waals surface area contributed by atoms with E-state index in [9.17, 15) is 4.79 Å². The minimum Gasteiger partial charge on any atom is -0.434 e. The maximum atomic E-state index is 11.0. The number of rotatable bonds is 7. The molecule has 3 heteroatoms. The third kappa shape index (κ3) is 6.61. The van der Waals surface area contributed by atoms with Crippen LogP contribution in [-0.4, -0.2) is 19.4 Å². The van der Waals surface area contributed by atoms with Crippen LogP contribution in [0, 0.1) is 0 Å². The third-order valence-corrected chi connectivity index (χ3v) is 2.35. The fraction of sp³-hybridized carbons (Fsp3) is 0.500. The lowest BCUT2D eigenvalue weighted by molar-refractivity contribution is 0.0543. The molecule has 0 aliphatic rings. The Hall–Kier alpha value is -1.51. The second-order valence-electron chi connectivity index (χ2n) is 3.89. The highest BCUT2D eigenvalue weighted by Gasteiger charge is 2.01. The monoisotopic (exact) mass is 236 g/mol. The molecule has 0 radical (unpaired) electrons. The van der Waals surface area contributed by atoms with E-state index in [0.717, 1.165) is 25.7 Å². The molecule has 3 nitrogen and oxygen atoms in total. The Morgan fingerprint density at radius 1 is 1.06 bits per heavy atom. The van der Waals surface area contributed by atoms with Crippen LogP contribution in [0.2, 0.25) is 0 Å². The minimum atomic E-state index is -0.549. The predicted octanol–water partition coefficient (Wildman–Crippen LogP) is 3.57. The Morgan fingerprint density at radius 3 is 2.47 bits per heavy atom. The summed E-state index contributed by atoms with van der Waals surface area (Å²) in [6.07, 6.45) is 3.19. The quantitative estimate of drug-likeness (QED) is 0.536. The van der Waals surface area contributed by atoms with Gasteiger partial charge in [0.1, 0.15) is 0 Å². The van der Waals surface area contributed by atoms with Gasteiger partial charge in [-0.1, -0.05) is 37.3 Å². The summed E-state index contributed by atoms with van der Waals surface area (Å²) < 4.78 is 9.72. The molecular formula is C14H20O3. The standard InChI is InChI=1S/C14H20O3/c1-2-11-16-14(15)17-12-7-6-10-13-8-4-3-5-9-13/h3-5,8-9H,2,6-7,10-12H2,1H3. The SMILES string of the molecule is CCCOC(=O)OCCCCc1ccccc1. The smallest absolute Gasteiger partial charge is 0.434 e. The summed E-state index contributed by atoms with van der Waals surface area (Å²) in [6, 6.07) is 10.3. The van der Waals surface area contributed by atoms with Crippen molar-refractivity contribution in [2.75, 3.05) is 13.2 Å². The van der Waals surface area contributed by atoms with Crippen LogP contribution in [0.5, 0.6) is 0 Å². The summed E-state index contributed by atoms with van der Waals surface area (Å²) in [5.74, 6) is 0. The van der Waals surface area contributed by atoms with Gasteiger partial charge in [0.05, 0.1) is 13.2 Å². The van der Waals surface area contributed by atoms with E-state index in [2.05, 4.69) is 12.1 Å². The maximum Gasteiger partial charge on any atom is 0.508 e. The van der Waals surface area contributed by atoms with Crippen LogP contribution in [0.15, 0.2) is 30.3 Å². The van der Waals surface area contributed by atoms with Crippen molar-refractivity contribution >= 4 is 6.16 Å². The summed E-state index contributed by atoms with van der Waals surface area (Å²) in [5.41, 5.74) is 1.32. The van der Waals surface area contributed by atoms with E-state index < -0.39 is 6.16 Å². The first-order valence-corrected chi connectivity index (χ1v) is 6.16. The van der Waals surface area contributed by atoms with Crippen molar-refractivity contribution in [3.05, 3.63) is 35.9 Å². The maximum absolute atomic E-state index is 11.0. The molecule has 0 aliphatic heterocycles. The molecule has 1 rings (SSSR count). The van der Waals surface area contributed by atoms with Crippen molar-refractivity contribution in [2.45, 2.75) is 32.6 Å². The molecule has 0 amide bonds. The molecule has 0 N–H and O–H groups in total. The molecule has 0 saturated heterocycles. The molecule has 17 heavy (non-hydrogen) atoms. The van der Waals surface area contributed by atoms with Crippen molar-refractivity contribution in [3.63, 3.8) is 0 Å². The van der Waals surface area contributed by atoms with Crippen LogP contribution in [0.3, 0.4) is 0 Å². The van der Waals surface area contributed by atoms with Gasteiger partial charge in [0.2, 0.25) is 0 Å². The summed E-state index contributed by atoms with van der Waals surface area (Å²) in [7, 11) is 0. The lowest BCUT2D eigenvalue weighted by atomic mass is 10.1. The lowest BCUT2D eigenvalue weighted by Gasteiger charge is -2.05. The second-order valence-corrected chi connectivity index (χ2v) is 3.89. The van der Waals surface area contributed by atoms with Gasteiger partial charge in [-0.15, -0.1) is 0 Å². The normalized spacial score (nSPS) is 9.94. The highest BCUT2D eigenvalue weighted by Crippen LogP contribution is 2.04. The Kier molecular flexibility index (Phi) is 6.87. The molecule has 0 heterocycles. The van der Waals surface area contributed by atoms with E-state index in [1.165, 1.54) is 5.56 Å². The molecule has 0 spiro atoms. The van der Waals surface area contributed by atoms with E-state index in [4.69, 9.17) is 9.47 Å². The van der Waals surface area contributed by atoms with Gasteiger partial charge in [-0.25, -0.2) is 4.79 Å². The number of carbonyl (C=O) groups excluding carboxylic acids is 1. The topological polar surface area (TPSA) is 35.5 Å². The van der Waals surface area contributed by atoms with Gasteiger partial charge in [-0.2, -0.15) is 0 Å². The van der Waals surface area contributed by atoms with E-state index in [-0.39, 0.29) is 0 Å². The van der Waals surface area contributed by atoms with Crippen molar-refractivity contribution in [2.24, 2.45) is 0 Å². The first kappa shape index (κ1) is 13.6. The van der Waals surface area contributed by atoms with E-state index in [1.807, 2.05) is 25.1 Å². The van der Waals surface area contributed by atoms with E-state index in [0.29, 0.717) is 13.2 Å². The predicted molar refractivity (Wildman–Crippen MR) is 67.0 cm³/mol. The van der Waals surface area contributed by atoms with Crippen LogP contribution in [0.4, 0.5) is 4.79 Å². The zero-order valence-electron chi connectivity index (χ0n) is 10.4. The number of benzene rings is 1. The van der Waals surface area contributed by atoms with Crippen LogP contribution >= 0.6 is 0 Å². The molecule has 0 fully saturated rings. The first-order chi connectivity index (χ1) is 8.33. The fourth-order valence-electron chi connectivity index (χ4n) is 1.46. The fourth-order valence-corrected chi connectivity index (χ4v) is 1.46. The zero-order chi connectivity index (χ0) is 12.3. The summed E-state index contributed by atoms with van der Waals surface area (Å²) in [5, 5.41) is 0. The Balaban J connectivity index is 1.99. The second kappa shape index (κ2) is 8.62. The van der Waals surface area contributed by atoms with Gasteiger partial charge in [-0.05, 0) is 31.2 Å². The summed E-state index contributed by atoms with van der Waals surface area (Å²) in [6.45, 7) is 2.82. The Bertz CT molecular complexity index is 309. The number of aryl methyl sites for hydroxylation is 1. The zero-order valence-corrected chi connectivity index (χ0v) is 10.4. The number of carbonyl (C=O) groups is 1. The molecule has 0 aliphatic carbocycles. The van der Waals surface area contributed by atoms with Crippen molar-refractivity contribution in [1.29, 1.82) is 0 Å². The molecule has 94 valence electrons. The van der Waals surface area contributed by atoms with Gasteiger partial charge in [0, 0.05) is 0 Å². The number of ether oxygens (including phenoxy) is 2. The van der Waals surface area contributed by atoms with Gasteiger partial charge in [-0.3, -0.25) is 0 Å². The van der Waals surface area contributed by atoms with Crippen LogP contribution in [0.1, 0.15) is 31.7 Å². The number of hydrogen-bond donors (Lipinski definition) is 0. The highest BCUT2D eigenvalue weighted by molar-refractivity contribution is 5.59. The highest BCUT2D eigenvalue weighted by atomic mass is 16.7. The largest absolute Gasteiger partial charge is 0.508 e. The molecule has 0 bridgehead atoms. The first-order valence-electron chi connectivity index (χ1n) is 6.16. The van der Waals surface area contributed by atoms with Gasteiger partial charge >= 0.3 is 6.16 Å².